The molecule has 1 aliphatic rings. The molecule has 1 aliphatic carbocycles. The van der Waals surface area contributed by atoms with E-state index in [1.165, 1.54) is 11.1 Å². The van der Waals surface area contributed by atoms with Crippen LogP contribution in [0.5, 0.6) is 0 Å². The van der Waals surface area contributed by atoms with E-state index in [-0.39, 0.29) is 17.9 Å². The Morgan fingerprint density at radius 2 is 1.68 bits per heavy atom. The average molecular weight is 514 g/mol. The molecule has 1 fully saturated rings. The van der Waals surface area contributed by atoms with Crippen molar-refractivity contribution in [2.45, 2.75) is 33.1 Å². The van der Waals surface area contributed by atoms with Crippen molar-refractivity contribution >= 4 is 17.7 Å². The summed E-state index contributed by atoms with van der Waals surface area (Å²) in [5.41, 5.74) is 5.42. The fourth-order valence-electron chi connectivity index (χ4n) is 4.79. The van der Waals surface area contributed by atoms with Gasteiger partial charge in [-0.2, -0.15) is 0 Å². The zero-order chi connectivity index (χ0) is 26.7. The van der Waals surface area contributed by atoms with Gasteiger partial charge in [-0.1, -0.05) is 78.4 Å². The summed E-state index contributed by atoms with van der Waals surface area (Å²) in [7, 11) is 0. The Morgan fingerprint density at radius 3 is 2.45 bits per heavy atom. The number of ether oxygens (including phenoxy) is 1. The van der Waals surface area contributed by atoms with Crippen LogP contribution < -0.4 is 10.6 Å². The van der Waals surface area contributed by atoms with E-state index in [1.807, 2.05) is 61.5 Å². The summed E-state index contributed by atoms with van der Waals surface area (Å²) in [5.74, 6) is 0.327. The minimum Gasteiger partial charge on any atom is -0.466 e. The molecule has 3 aromatic carbocycles. The molecule has 2 amide bonds. The molecule has 0 heterocycles. The highest BCUT2D eigenvalue weighted by atomic mass is 16.5. The molecule has 200 valence electrons. The van der Waals surface area contributed by atoms with Gasteiger partial charge in [-0.05, 0) is 62.8 Å². The second kappa shape index (κ2) is 13.8. The van der Waals surface area contributed by atoms with Crippen LogP contribution in [0, 0.1) is 18.8 Å². The first kappa shape index (κ1) is 27.4. The third-order valence-electron chi connectivity index (χ3n) is 7.04. The number of esters is 1. The van der Waals surface area contributed by atoms with Crippen LogP contribution in [0.25, 0.3) is 11.1 Å². The molecule has 2 atom stereocenters. The third kappa shape index (κ3) is 8.18. The van der Waals surface area contributed by atoms with Crippen molar-refractivity contribution in [2.75, 3.05) is 38.1 Å². The number of para-hydroxylation sites is 1. The molecule has 38 heavy (non-hydrogen) atoms. The molecule has 2 unspecified atom stereocenters. The Kier molecular flexibility index (Phi) is 9.93. The van der Waals surface area contributed by atoms with E-state index >= 15 is 0 Å². The number of aryl methyl sites for hydroxylation is 1. The first-order valence-corrected chi connectivity index (χ1v) is 13.7. The number of hydrogen-bond acceptors (Lipinski definition) is 4. The van der Waals surface area contributed by atoms with Crippen LogP contribution >= 0.6 is 0 Å². The highest BCUT2D eigenvalue weighted by Crippen LogP contribution is 2.40. The highest BCUT2D eigenvalue weighted by molar-refractivity contribution is 5.94. The smallest absolute Gasteiger partial charge is 0.319 e. The van der Waals surface area contributed by atoms with Gasteiger partial charge in [0.15, 0.2) is 0 Å². The van der Waals surface area contributed by atoms with Crippen LogP contribution in [0.15, 0.2) is 78.9 Å². The Bertz CT molecular complexity index is 1180. The number of nitrogens with zero attached hydrogens (tertiary/aromatic N) is 1. The normalized spacial score (nSPS) is 16.2. The summed E-state index contributed by atoms with van der Waals surface area (Å²) in [5, 5.41) is 6.01. The highest BCUT2D eigenvalue weighted by Gasteiger charge is 2.44. The molecular formula is C32H39N3O3. The van der Waals surface area contributed by atoms with Gasteiger partial charge in [0.05, 0.1) is 18.2 Å². The number of urea groups is 1. The minimum absolute atomic E-state index is 0.0328. The number of amides is 2. The van der Waals surface area contributed by atoms with Gasteiger partial charge >= 0.3 is 12.0 Å². The second-order valence-corrected chi connectivity index (χ2v) is 10.0. The lowest BCUT2D eigenvalue weighted by Gasteiger charge is -2.23. The zero-order valence-corrected chi connectivity index (χ0v) is 22.5. The number of carbonyl (C=O) groups is 2. The summed E-state index contributed by atoms with van der Waals surface area (Å²) in [6, 6.07) is 26.3. The van der Waals surface area contributed by atoms with Gasteiger partial charge in [0.25, 0.3) is 0 Å². The summed E-state index contributed by atoms with van der Waals surface area (Å²) in [4.78, 5) is 27.2. The van der Waals surface area contributed by atoms with Gasteiger partial charge in [0.1, 0.15) is 0 Å². The summed E-state index contributed by atoms with van der Waals surface area (Å²) in [6.45, 7) is 7.63. The van der Waals surface area contributed by atoms with E-state index in [0.29, 0.717) is 19.1 Å². The second-order valence-electron chi connectivity index (χ2n) is 10.0. The average Bonchev–Trinajstić information content (AvgIpc) is 3.71. The monoisotopic (exact) mass is 513 g/mol. The SMILES string of the molecule is CCOC(=O)C1CC1CN(CCCNC(=O)Nc1ccccc1-c1ccccc1)CCc1ccc(C)cc1. The van der Waals surface area contributed by atoms with Gasteiger partial charge in [-0.15, -0.1) is 0 Å². The molecule has 0 aromatic heterocycles. The molecule has 3 aromatic rings. The third-order valence-corrected chi connectivity index (χ3v) is 7.04. The number of hydrogen-bond donors (Lipinski definition) is 2. The fourth-order valence-corrected chi connectivity index (χ4v) is 4.79. The first-order chi connectivity index (χ1) is 18.5. The van der Waals surface area contributed by atoms with E-state index in [4.69, 9.17) is 4.74 Å². The molecule has 6 heteroatoms. The Balaban J connectivity index is 1.26. The molecule has 4 rings (SSSR count). The van der Waals surface area contributed by atoms with Gasteiger partial charge < -0.3 is 20.3 Å². The predicted molar refractivity (Wildman–Crippen MR) is 153 cm³/mol. The van der Waals surface area contributed by atoms with Crippen molar-refractivity contribution in [3.8, 4) is 11.1 Å². The topological polar surface area (TPSA) is 70.7 Å². The molecule has 0 bridgehead atoms. The molecule has 0 aliphatic heterocycles. The summed E-state index contributed by atoms with van der Waals surface area (Å²) < 4.78 is 5.22. The molecular weight excluding hydrogens is 474 g/mol. The lowest BCUT2D eigenvalue weighted by atomic mass is 10.0. The van der Waals surface area contributed by atoms with E-state index in [2.05, 4.69) is 46.7 Å². The van der Waals surface area contributed by atoms with Crippen LogP contribution in [0.3, 0.4) is 0 Å². The van der Waals surface area contributed by atoms with E-state index in [0.717, 1.165) is 55.7 Å². The largest absolute Gasteiger partial charge is 0.466 e. The number of rotatable bonds is 13. The fraction of sp³-hybridized carbons (Fsp3) is 0.375. The maximum Gasteiger partial charge on any atom is 0.319 e. The van der Waals surface area contributed by atoms with Crippen molar-refractivity contribution in [1.29, 1.82) is 0 Å². The summed E-state index contributed by atoms with van der Waals surface area (Å²) >= 11 is 0. The van der Waals surface area contributed by atoms with Crippen LogP contribution in [0.2, 0.25) is 0 Å². The van der Waals surface area contributed by atoms with Crippen LogP contribution in [-0.4, -0.2) is 49.7 Å². The molecule has 1 saturated carbocycles. The molecule has 0 spiro atoms. The number of anilines is 1. The molecule has 0 radical (unpaired) electrons. The van der Waals surface area contributed by atoms with Crippen LogP contribution in [0.4, 0.5) is 10.5 Å². The maximum absolute atomic E-state index is 12.7. The number of benzene rings is 3. The number of nitrogens with one attached hydrogen (secondary N) is 2. The van der Waals surface area contributed by atoms with Crippen molar-refractivity contribution in [3.63, 3.8) is 0 Å². The van der Waals surface area contributed by atoms with Gasteiger partial charge in [-0.25, -0.2) is 4.79 Å². The van der Waals surface area contributed by atoms with E-state index in [9.17, 15) is 9.59 Å². The van der Waals surface area contributed by atoms with Crippen molar-refractivity contribution in [3.05, 3.63) is 90.0 Å². The van der Waals surface area contributed by atoms with Gasteiger partial charge in [-0.3, -0.25) is 4.79 Å². The van der Waals surface area contributed by atoms with E-state index in [1.54, 1.807) is 0 Å². The first-order valence-electron chi connectivity index (χ1n) is 13.7. The standard InChI is InChI=1S/C32H39N3O3/c1-3-38-31(36)29-22-27(29)23-35(21-18-25-16-14-24(2)15-17-25)20-9-19-33-32(37)34-30-13-8-7-12-28(30)26-10-5-4-6-11-26/h4-8,10-17,27,29H,3,9,18-23H2,1-2H3,(H2,33,34,37). The Labute approximate surface area is 226 Å². The van der Waals surface area contributed by atoms with Crippen molar-refractivity contribution in [2.24, 2.45) is 11.8 Å². The lowest BCUT2D eigenvalue weighted by molar-refractivity contribution is -0.145. The molecule has 2 N–H and O–H groups in total. The molecule has 6 nitrogen and oxygen atoms in total. The zero-order valence-electron chi connectivity index (χ0n) is 22.5. The van der Waals surface area contributed by atoms with Crippen molar-refractivity contribution < 1.29 is 14.3 Å². The van der Waals surface area contributed by atoms with Gasteiger partial charge in [0, 0.05) is 25.2 Å². The van der Waals surface area contributed by atoms with Crippen molar-refractivity contribution in [1.82, 2.24) is 10.2 Å². The van der Waals surface area contributed by atoms with Gasteiger partial charge in [0.2, 0.25) is 0 Å². The minimum atomic E-state index is -0.204. The van der Waals surface area contributed by atoms with Crippen LogP contribution in [0.1, 0.15) is 30.9 Å². The molecule has 0 saturated heterocycles. The summed E-state index contributed by atoms with van der Waals surface area (Å²) in [6.07, 6.45) is 2.70. The quantitative estimate of drug-likeness (QED) is 0.220. The van der Waals surface area contributed by atoms with E-state index < -0.39 is 0 Å². The number of carbonyl (C=O) groups excluding carboxylic acids is 2. The maximum atomic E-state index is 12.7. The van der Waals surface area contributed by atoms with Crippen LogP contribution in [-0.2, 0) is 16.0 Å². The predicted octanol–water partition coefficient (Wildman–Crippen LogP) is 5.92. The lowest BCUT2D eigenvalue weighted by Crippen LogP contribution is -2.34. The Morgan fingerprint density at radius 1 is 0.947 bits per heavy atom. The Hall–Kier alpha value is -3.64.